The van der Waals surface area contributed by atoms with Crippen LogP contribution in [0.4, 0.5) is 13.2 Å². The lowest BCUT2D eigenvalue weighted by Gasteiger charge is -2.34. The molecule has 0 unspecified atom stereocenters. The smallest absolute Gasteiger partial charge is 0.393 e. The van der Waals surface area contributed by atoms with Crippen LogP contribution < -0.4 is 5.56 Å². The highest BCUT2D eigenvalue weighted by Crippen LogP contribution is 2.28. The number of hydrogen-bond donors (Lipinski definition) is 2. The third kappa shape index (κ3) is 3.44. The molecule has 2 N–H and O–H groups in total. The van der Waals surface area contributed by atoms with E-state index in [0.717, 1.165) is 6.07 Å². The van der Waals surface area contributed by atoms with E-state index in [4.69, 9.17) is 0 Å². The predicted molar refractivity (Wildman–Crippen MR) is 67.8 cm³/mol. The molecule has 1 amide bonds. The van der Waals surface area contributed by atoms with Crippen LogP contribution in [0.5, 0.6) is 0 Å². The molecule has 0 aromatic carbocycles. The third-order valence-electron chi connectivity index (χ3n) is 3.53. The zero-order chi connectivity index (χ0) is 15.8. The van der Waals surface area contributed by atoms with E-state index in [1.54, 1.807) is 4.98 Å². The fraction of sp³-hybridized carbons (Fsp3) is 0.538. The van der Waals surface area contributed by atoms with E-state index in [0.29, 0.717) is 25.5 Å². The second-order valence-electron chi connectivity index (χ2n) is 5.29. The van der Waals surface area contributed by atoms with Crippen LogP contribution in [0.3, 0.4) is 0 Å². The SMILES string of the molecule is CN(CC1CC(O)C1)C(=O)c1ccc(C(F)(F)F)[nH]c1=O. The van der Waals surface area contributed by atoms with Gasteiger partial charge in [-0.05, 0) is 30.9 Å². The Bertz CT molecular complexity index is 591. The zero-order valence-corrected chi connectivity index (χ0v) is 11.3. The summed E-state index contributed by atoms with van der Waals surface area (Å²) in [6, 6.07) is 1.56. The standard InChI is InChI=1S/C13H15F3N2O3/c1-18(6-7-4-8(19)5-7)12(21)9-2-3-10(13(14,15)16)17-11(9)20/h2-3,7-8,19H,4-6H2,1H3,(H,17,20). The molecule has 0 saturated heterocycles. The predicted octanol–water partition coefficient (Wildman–Crippen LogP) is 1.24. The molecule has 2 rings (SSSR count). The normalized spacial score (nSPS) is 21.8. The van der Waals surface area contributed by atoms with Crippen LogP contribution in [0.2, 0.25) is 0 Å². The van der Waals surface area contributed by atoms with E-state index in [-0.39, 0.29) is 17.6 Å². The van der Waals surface area contributed by atoms with Gasteiger partial charge >= 0.3 is 6.18 Å². The zero-order valence-electron chi connectivity index (χ0n) is 11.3. The number of aliphatic hydroxyl groups excluding tert-OH is 1. The highest BCUT2D eigenvalue weighted by molar-refractivity contribution is 5.93. The lowest BCUT2D eigenvalue weighted by molar-refractivity contribution is -0.141. The monoisotopic (exact) mass is 304 g/mol. The number of aromatic nitrogens is 1. The van der Waals surface area contributed by atoms with Crippen LogP contribution in [0.15, 0.2) is 16.9 Å². The van der Waals surface area contributed by atoms with Gasteiger partial charge in [0.05, 0.1) is 6.10 Å². The number of aromatic amines is 1. The van der Waals surface area contributed by atoms with E-state index >= 15 is 0 Å². The van der Waals surface area contributed by atoms with Crippen molar-refractivity contribution >= 4 is 5.91 Å². The number of aliphatic hydroxyl groups is 1. The Kier molecular flexibility index (Phi) is 4.08. The summed E-state index contributed by atoms with van der Waals surface area (Å²) >= 11 is 0. The molecule has 0 atom stereocenters. The molecule has 21 heavy (non-hydrogen) atoms. The molecule has 0 aliphatic heterocycles. The fourth-order valence-corrected chi connectivity index (χ4v) is 2.33. The Labute approximate surface area is 118 Å². The van der Waals surface area contributed by atoms with Gasteiger partial charge in [0.2, 0.25) is 0 Å². The van der Waals surface area contributed by atoms with Crippen LogP contribution in [0.1, 0.15) is 28.9 Å². The summed E-state index contributed by atoms with van der Waals surface area (Å²) in [6.07, 6.45) is -3.84. The number of carbonyl (C=O) groups is 1. The number of amides is 1. The molecular weight excluding hydrogens is 289 g/mol. The first-order valence-electron chi connectivity index (χ1n) is 6.42. The van der Waals surface area contributed by atoms with Crippen LogP contribution in [0.25, 0.3) is 0 Å². The summed E-state index contributed by atoms with van der Waals surface area (Å²) in [5, 5.41) is 9.17. The lowest BCUT2D eigenvalue weighted by Crippen LogP contribution is -2.41. The van der Waals surface area contributed by atoms with Crippen molar-refractivity contribution in [2.45, 2.75) is 25.1 Å². The van der Waals surface area contributed by atoms with E-state index in [1.165, 1.54) is 11.9 Å². The minimum absolute atomic E-state index is 0.155. The summed E-state index contributed by atoms with van der Waals surface area (Å²) in [5.41, 5.74) is -2.57. The number of nitrogens with zero attached hydrogens (tertiary/aromatic N) is 1. The maximum atomic E-state index is 12.4. The number of alkyl halides is 3. The van der Waals surface area contributed by atoms with Crippen molar-refractivity contribution < 1.29 is 23.1 Å². The van der Waals surface area contributed by atoms with Gasteiger partial charge in [0, 0.05) is 13.6 Å². The summed E-state index contributed by atoms with van der Waals surface area (Å²) < 4.78 is 37.3. The van der Waals surface area contributed by atoms with Crippen molar-refractivity contribution in [3.63, 3.8) is 0 Å². The average Bonchev–Trinajstić information content (AvgIpc) is 2.34. The number of halogens is 3. The number of pyridine rings is 1. The van der Waals surface area contributed by atoms with Gasteiger partial charge in [-0.1, -0.05) is 0 Å². The molecule has 5 nitrogen and oxygen atoms in total. The Balaban J connectivity index is 2.10. The van der Waals surface area contributed by atoms with Crippen molar-refractivity contribution in [2.24, 2.45) is 5.92 Å². The van der Waals surface area contributed by atoms with Gasteiger partial charge in [0.25, 0.3) is 11.5 Å². The molecule has 1 aromatic rings. The van der Waals surface area contributed by atoms with Crippen molar-refractivity contribution in [2.75, 3.05) is 13.6 Å². The number of carbonyl (C=O) groups excluding carboxylic acids is 1. The molecule has 1 heterocycles. The van der Waals surface area contributed by atoms with E-state index in [2.05, 4.69) is 0 Å². The number of H-pyrrole nitrogens is 1. The Hall–Kier alpha value is -1.83. The first-order chi connectivity index (χ1) is 9.68. The molecule has 8 heteroatoms. The summed E-state index contributed by atoms with van der Waals surface area (Å²) in [5.74, 6) is -0.478. The first-order valence-corrected chi connectivity index (χ1v) is 6.42. The van der Waals surface area contributed by atoms with Gasteiger partial charge in [0.1, 0.15) is 11.3 Å². The maximum Gasteiger partial charge on any atom is 0.431 e. The van der Waals surface area contributed by atoms with Crippen LogP contribution in [-0.4, -0.2) is 40.6 Å². The quantitative estimate of drug-likeness (QED) is 0.882. The molecule has 1 saturated carbocycles. The Morgan fingerprint density at radius 1 is 1.43 bits per heavy atom. The number of rotatable bonds is 3. The minimum Gasteiger partial charge on any atom is -0.393 e. The topological polar surface area (TPSA) is 73.4 Å². The Morgan fingerprint density at radius 2 is 2.05 bits per heavy atom. The molecule has 1 fully saturated rings. The fourth-order valence-electron chi connectivity index (χ4n) is 2.33. The summed E-state index contributed by atoms with van der Waals surface area (Å²) in [6.45, 7) is 0.357. The van der Waals surface area contributed by atoms with Crippen molar-refractivity contribution in [1.82, 2.24) is 9.88 Å². The highest BCUT2D eigenvalue weighted by Gasteiger charge is 2.33. The maximum absolute atomic E-state index is 12.4. The van der Waals surface area contributed by atoms with Gasteiger partial charge in [-0.15, -0.1) is 0 Å². The van der Waals surface area contributed by atoms with E-state index in [1.807, 2.05) is 0 Å². The van der Waals surface area contributed by atoms with Crippen LogP contribution in [0, 0.1) is 5.92 Å². The van der Waals surface area contributed by atoms with Crippen molar-refractivity contribution in [3.8, 4) is 0 Å². The molecule has 1 aromatic heterocycles. The summed E-state index contributed by atoms with van der Waals surface area (Å²) in [7, 11) is 1.48. The lowest BCUT2D eigenvalue weighted by atomic mass is 9.82. The largest absolute Gasteiger partial charge is 0.431 e. The average molecular weight is 304 g/mol. The van der Waals surface area contributed by atoms with E-state index in [9.17, 15) is 27.9 Å². The molecule has 1 aliphatic rings. The van der Waals surface area contributed by atoms with E-state index < -0.39 is 23.3 Å². The Morgan fingerprint density at radius 3 is 2.52 bits per heavy atom. The number of hydrogen-bond acceptors (Lipinski definition) is 3. The summed E-state index contributed by atoms with van der Waals surface area (Å²) in [4.78, 5) is 26.6. The van der Waals surface area contributed by atoms with Gasteiger partial charge in [-0.25, -0.2) is 0 Å². The van der Waals surface area contributed by atoms with Crippen LogP contribution >= 0.6 is 0 Å². The van der Waals surface area contributed by atoms with Gasteiger partial charge in [-0.2, -0.15) is 13.2 Å². The van der Waals surface area contributed by atoms with Crippen molar-refractivity contribution in [3.05, 3.63) is 33.7 Å². The van der Waals surface area contributed by atoms with Gasteiger partial charge < -0.3 is 15.0 Å². The molecule has 116 valence electrons. The second kappa shape index (κ2) is 5.51. The van der Waals surface area contributed by atoms with Crippen molar-refractivity contribution in [1.29, 1.82) is 0 Å². The van der Waals surface area contributed by atoms with Crippen LogP contribution in [-0.2, 0) is 6.18 Å². The molecule has 0 radical (unpaired) electrons. The minimum atomic E-state index is -4.66. The second-order valence-corrected chi connectivity index (χ2v) is 5.29. The molecule has 1 aliphatic carbocycles. The third-order valence-corrected chi connectivity index (χ3v) is 3.53. The highest BCUT2D eigenvalue weighted by atomic mass is 19.4. The molecule has 0 spiro atoms. The van der Waals surface area contributed by atoms with Gasteiger partial charge in [0.15, 0.2) is 0 Å². The molecule has 0 bridgehead atoms. The van der Waals surface area contributed by atoms with Gasteiger partial charge in [-0.3, -0.25) is 9.59 Å². The molecular formula is C13H15F3N2O3. The number of nitrogens with one attached hydrogen (secondary N) is 1. The first kappa shape index (κ1) is 15.6.